The minimum atomic E-state index is -0.272. The standard InChI is InChI=1S/C11H19NO2/c1-2-6-13-8-5-11(9-12)4-3-7-14-10-11/h2-8,10H2,1H3. The summed E-state index contributed by atoms with van der Waals surface area (Å²) in [4.78, 5) is 0. The molecule has 0 aromatic heterocycles. The van der Waals surface area contributed by atoms with E-state index in [4.69, 9.17) is 14.7 Å². The molecule has 3 heteroatoms. The molecule has 0 saturated carbocycles. The third kappa shape index (κ3) is 3.28. The van der Waals surface area contributed by atoms with Crippen molar-refractivity contribution < 1.29 is 9.47 Å². The van der Waals surface area contributed by atoms with Gasteiger partial charge in [0.2, 0.25) is 0 Å². The van der Waals surface area contributed by atoms with Crippen LogP contribution >= 0.6 is 0 Å². The van der Waals surface area contributed by atoms with Gasteiger partial charge in [0.1, 0.15) is 0 Å². The SMILES string of the molecule is CCCOCCC1(C#N)CCCOC1. The van der Waals surface area contributed by atoms with E-state index in [0.29, 0.717) is 13.2 Å². The van der Waals surface area contributed by atoms with Crippen LogP contribution in [0.15, 0.2) is 0 Å². The summed E-state index contributed by atoms with van der Waals surface area (Å²) in [5.74, 6) is 0. The topological polar surface area (TPSA) is 42.2 Å². The highest BCUT2D eigenvalue weighted by Crippen LogP contribution is 2.31. The second-order valence-electron chi connectivity index (χ2n) is 3.91. The molecule has 3 nitrogen and oxygen atoms in total. The molecule has 1 aliphatic heterocycles. The molecule has 0 aromatic carbocycles. The molecule has 0 aromatic rings. The molecule has 1 heterocycles. The normalized spacial score (nSPS) is 27.1. The van der Waals surface area contributed by atoms with Gasteiger partial charge in [-0.15, -0.1) is 0 Å². The lowest BCUT2D eigenvalue weighted by Crippen LogP contribution is -2.31. The molecule has 80 valence electrons. The molecule has 0 bridgehead atoms. The molecule has 0 amide bonds. The van der Waals surface area contributed by atoms with Gasteiger partial charge in [-0.25, -0.2) is 0 Å². The lowest BCUT2D eigenvalue weighted by molar-refractivity contribution is 0.00159. The average Bonchev–Trinajstić information content (AvgIpc) is 2.26. The lowest BCUT2D eigenvalue weighted by Gasteiger charge is -2.30. The number of ether oxygens (including phenoxy) is 2. The van der Waals surface area contributed by atoms with Gasteiger partial charge in [-0.3, -0.25) is 0 Å². The van der Waals surface area contributed by atoms with E-state index in [9.17, 15) is 0 Å². The van der Waals surface area contributed by atoms with Crippen LogP contribution in [0.2, 0.25) is 0 Å². The zero-order chi connectivity index (χ0) is 10.3. The predicted molar refractivity (Wildman–Crippen MR) is 53.8 cm³/mol. The van der Waals surface area contributed by atoms with E-state index in [-0.39, 0.29) is 5.41 Å². The van der Waals surface area contributed by atoms with Crippen LogP contribution < -0.4 is 0 Å². The van der Waals surface area contributed by atoms with Crippen molar-refractivity contribution in [1.29, 1.82) is 5.26 Å². The minimum absolute atomic E-state index is 0.272. The van der Waals surface area contributed by atoms with E-state index in [1.165, 1.54) is 0 Å². The van der Waals surface area contributed by atoms with Crippen LogP contribution in [-0.2, 0) is 9.47 Å². The van der Waals surface area contributed by atoms with Gasteiger partial charge in [-0.1, -0.05) is 6.92 Å². The molecule has 0 radical (unpaired) electrons. The molecule has 14 heavy (non-hydrogen) atoms. The number of hydrogen-bond acceptors (Lipinski definition) is 3. The zero-order valence-electron chi connectivity index (χ0n) is 8.92. The van der Waals surface area contributed by atoms with Gasteiger partial charge in [0.05, 0.1) is 18.1 Å². The summed E-state index contributed by atoms with van der Waals surface area (Å²) < 4.78 is 10.8. The summed E-state index contributed by atoms with van der Waals surface area (Å²) in [6.07, 6.45) is 3.81. The zero-order valence-corrected chi connectivity index (χ0v) is 8.92. The maximum absolute atomic E-state index is 9.11. The van der Waals surface area contributed by atoms with Gasteiger partial charge in [0.15, 0.2) is 0 Å². The summed E-state index contributed by atoms with van der Waals surface area (Å²) in [6.45, 7) is 4.95. The van der Waals surface area contributed by atoms with Crippen LogP contribution in [0.1, 0.15) is 32.6 Å². The molecule has 1 unspecified atom stereocenters. The fourth-order valence-electron chi connectivity index (χ4n) is 1.71. The highest BCUT2D eigenvalue weighted by Gasteiger charge is 2.32. The van der Waals surface area contributed by atoms with Crippen molar-refractivity contribution in [1.82, 2.24) is 0 Å². The van der Waals surface area contributed by atoms with Gasteiger partial charge in [0.25, 0.3) is 0 Å². The first kappa shape index (κ1) is 11.5. The maximum Gasteiger partial charge on any atom is 0.0829 e. The molecule has 0 N–H and O–H groups in total. The summed E-state index contributed by atoms with van der Waals surface area (Å²) in [6, 6.07) is 2.39. The Balaban J connectivity index is 2.26. The Morgan fingerprint density at radius 1 is 1.50 bits per heavy atom. The van der Waals surface area contributed by atoms with Crippen LogP contribution in [0.25, 0.3) is 0 Å². The molecule has 1 fully saturated rings. The number of hydrogen-bond donors (Lipinski definition) is 0. The van der Waals surface area contributed by atoms with Crippen LogP contribution in [-0.4, -0.2) is 26.4 Å². The lowest BCUT2D eigenvalue weighted by atomic mass is 9.81. The maximum atomic E-state index is 9.11. The summed E-state index contributed by atoms with van der Waals surface area (Å²) in [7, 11) is 0. The van der Waals surface area contributed by atoms with Crippen LogP contribution in [0.5, 0.6) is 0 Å². The highest BCUT2D eigenvalue weighted by molar-refractivity contribution is 5.00. The minimum Gasteiger partial charge on any atom is -0.381 e. The van der Waals surface area contributed by atoms with Crippen molar-refractivity contribution in [2.24, 2.45) is 5.41 Å². The Morgan fingerprint density at radius 2 is 2.36 bits per heavy atom. The third-order valence-electron chi connectivity index (χ3n) is 2.63. The van der Waals surface area contributed by atoms with E-state index in [0.717, 1.165) is 38.9 Å². The smallest absolute Gasteiger partial charge is 0.0829 e. The predicted octanol–water partition coefficient (Wildman–Crippen LogP) is 2.12. The molecule has 1 atom stereocenters. The van der Waals surface area contributed by atoms with Gasteiger partial charge >= 0.3 is 0 Å². The number of nitriles is 1. The van der Waals surface area contributed by atoms with Crippen molar-refractivity contribution in [3.05, 3.63) is 0 Å². The molecule has 1 saturated heterocycles. The summed E-state index contributed by atoms with van der Waals surface area (Å²) in [5, 5.41) is 9.11. The highest BCUT2D eigenvalue weighted by atomic mass is 16.5. The molecular formula is C11H19NO2. The van der Waals surface area contributed by atoms with Crippen LogP contribution in [0.4, 0.5) is 0 Å². The monoisotopic (exact) mass is 197 g/mol. The fraction of sp³-hybridized carbons (Fsp3) is 0.909. The Morgan fingerprint density at radius 3 is 2.93 bits per heavy atom. The summed E-state index contributed by atoms with van der Waals surface area (Å²) in [5.41, 5.74) is -0.272. The fourth-order valence-corrected chi connectivity index (χ4v) is 1.71. The summed E-state index contributed by atoms with van der Waals surface area (Å²) >= 11 is 0. The van der Waals surface area contributed by atoms with E-state index in [1.807, 2.05) is 0 Å². The van der Waals surface area contributed by atoms with Crippen LogP contribution in [0, 0.1) is 16.7 Å². The Labute approximate surface area is 86.0 Å². The molecule has 1 aliphatic rings. The first-order valence-corrected chi connectivity index (χ1v) is 5.40. The van der Waals surface area contributed by atoms with Crippen molar-refractivity contribution in [2.75, 3.05) is 26.4 Å². The van der Waals surface area contributed by atoms with Gasteiger partial charge < -0.3 is 9.47 Å². The van der Waals surface area contributed by atoms with Crippen molar-refractivity contribution in [3.8, 4) is 6.07 Å². The van der Waals surface area contributed by atoms with E-state index < -0.39 is 0 Å². The van der Waals surface area contributed by atoms with Gasteiger partial charge in [-0.2, -0.15) is 5.26 Å². The molecule has 0 spiro atoms. The largest absolute Gasteiger partial charge is 0.381 e. The van der Waals surface area contributed by atoms with E-state index >= 15 is 0 Å². The third-order valence-corrected chi connectivity index (χ3v) is 2.63. The Hall–Kier alpha value is -0.590. The van der Waals surface area contributed by atoms with Crippen molar-refractivity contribution in [2.45, 2.75) is 32.6 Å². The quantitative estimate of drug-likeness (QED) is 0.634. The molecule has 0 aliphatic carbocycles. The second kappa shape index (κ2) is 6.00. The van der Waals surface area contributed by atoms with E-state index in [1.54, 1.807) is 0 Å². The first-order chi connectivity index (χ1) is 6.83. The average molecular weight is 197 g/mol. The Bertz CT molecular complexity index is 192. The van der Waals surface area contributed by atoms with E-state index in [2.05, 4.69) is 13.0 Å². The van der Waals surface area contributed by atoms with Crippen molar-refractivity contribution >= 4 is 0 Å². The number of nitrogens with zero attached hydrogens (tertiary/aromatic N) is 1. The Kier molecular flexibility index (Phi) is 4.92. The number of rotatable bonds is 5. The first-order valence-electron chi connectivity index (χ1n) is 5.40. The van der Waals surface area contributed by atoms with Gasteiger partial charge in [0, 0.05) is 19.8 Å². The van der Waals surface area contributed by atoms with Gasteiger partial charge in [-0.05, 0) is 25.7 Å². The van der Waals surface area contributed by atoms with Crippen LogP contribution in [0.3, 0.4) is 0 Å². The van der Waals surface area contributed by atoms with Crippen molar-refractivity contribution in [3.63, 3.8) is 0 Å². The molecule has 1 rings (SSSR count). The molecular weight excluding hydrogens is 178 g/mol. The second-order valence-corrected chi connectivity index (χ2v) is 3.91.